The van der Waals surface area contributed by atoms with Crippen molar-refractivity contribution < 1.29 is 4.79 Å². The summed E-state index contributed by atoms with van der Waals surface area (Å²) in [6, 6.07) is 0. The normalized spacial score (nSPS) is 44.3. The van der Waals surface area contributed by atoms with Gasteiger partial charge in [0.15, 0.2) is 5.78 Å². The van der Waals surface area contributed by atoms with Crippen LogP contribution in [0.4, 0.5) is 0 Å². The summed E-state index contributed by atoms with van der Waals surface area (Å²) in [6.07, 6.45) is 15.9. The van der Waals surface area contributed by atoms with Gasteiger partial charge in [-0.25, -0.2) is 0 Å². The van der Waals surface area contributed by atoms with Crippen molar-refractivity contribution in [3.63, 3.8) is 0 Å². The van der Waals surface area contributed by atoms with Crippen molar-refractivity contribution in [1.82, 2.24) is 9.78 Å². The van der Waals surface area contributed by atoms with Gasteiger partial charge >= 0.3 is 0 Å². The minimum absolute atomic E-state index is 0.124. The lowest BCUT2D eigenvalue weighted by Gasteiger charge is -2.59. The van der Waals surface area contributed by atoms with Crippen LogP contribution in [0.15, 0.2) is 11.8 Å². The number of allylic oxidation sites excluding steroid dienone is 1. The van der Waals surface area contributed by atoms with Crippen molar-refractivity contribution in [2.45, 2.75) is 78.6 Å². The second-order valence-corrected chi connectivity index (χ2v) is 10.9. The number of ketones is 1. The van der Waals surface area contributed by atoms with Gasteiger partial charge in [0, 0.05) is 23.7 Å². The molecule has 0 amide bonds. The number of hydrogen-bond donors (Lipinski definition) is 0. The maximum atomic E-state index is 13.5. The van der Waals surface area contributed by atoms with Gasteiger partial charge in [-0.05, 0) is 92.6 Å². The zero-order chi connectivity index (χ0) is 19.7. The van der Waals surface area contributed by atoms with Crippen LogP contribution in [0.2, 0.25) is 0 Å². The molecule has 0 bridgehead atoms. The number of Topliss-reactive ketones (excluding diaryl/α,β-unsaturated/α-hetero) is 1. The van der Waals surface area contributed by atoms with E-state index in [9.17, 15) is 4.79 Å². The van der Waals surface area contributed by atoms with Crippen molar-refractivity contribution in [2.75, 3.05) is 0 Å². The van der Waals surface area contributed by atoms with E-state index in [-0.39, 0.29) is 5.41 Å². The summed E-state index contributed by atoms with van der Waals surface area (Å²) in [7, 11) is 1.98. The van der Waals surface area contributed by atoms with Crippen molar-refractivity contribution in [3.8, 4) is 0 Å². The van der Waals surface area contributed by atoms with Crippen LogP contribution in [-0.2, 0) is 11.8 Å². The van der Waals surface area contributed by atoms with Gasteiger partial charge < -0.3 is 0 Å². The molecular formula is C25H36N2O. The molecular weight excluding hydrogens is 344 g/mol. The Hall–Kier alpha value is -1.38. The standard InChI is InChI=1S/C25H36N2O/c1-16-18(15-26-27(16)4)13-17-14-22-20-9-8-19-7-5-6-11-24(19,2)21(20)10-12-25(22,3)23(17)28/h13,15,19-22H,5-12,14H2,1-4H3/b17-13+/t19-,20-,21+,22+,24-,25+/m0/s1. The molecule has 4 fully saturated rings. The van der Waals surface area contributed by atoms with Gasteiger partial charge in [-0.3, -0.25) is 9.48 Å². The number of carbonyl (C=O) groups is 1. The molecule has 3 nitrogen and oxygen atoms in total. The molecule has 0 unspecified atom stereocenters. The highest BCUT2D eigenvalue weighted by atomic mass is 16.1. The van der Waals surface area contributed by atoms with Gasteiger partial charge in [0.2, 0.25) is 0 Å². The van der Waals surface area contributed by atoms with Gasteiger partial charge in [0.1, 0.15) is 0 Å². The molecule has 6 atom stereocenters. The Labute approximate surface area is 170 Å². The Bertz CT molecular complexity index is 836. The third-order valence-electron chi connectivity index (χ3n) is 9.83. The maximum Gasteiger partial charge on any atom is 0.165 e. The molecule has 28 heavy (non-hydrogen) atoms. The second kappa shape index (κ2) is 6.31. The highest BCUT2D eigenvalue weighted by Crippen LogP contribution is 2.66. The molecule has 0 spiro atoms. The first-order chi connectivity index (χ1) is 13.3. The van der Waals surface area contributed by atoms with E-state index in [1.165, 1.54) is 44.9 Å². The van der Waals surface area contributed by atoms with Crippen LogP contribution in [0.25, 0.3) is 6.08 Å². The largest absolute Gasteiger partial charge is 0.294 e. The first-order valence-corrected chi connectivity index (χ1v) is 11.6. The third kappa shape index (κ3) is 2.47. The lowest BCUT2D eigenvalue weighted by Crippen LogP contribution is -2.52. The average Bonchev–Trinajstić information content (AvgIpc) is 3.13. The smallest absolute Gasteiger partial charge is 0.165 e. The van der Waals surface area contributed by atoms with Crippen LogP contribution in [0.5, 0.6) is 0 Å². The Balaban J connectivity index is 1.47. The predicted octanol–water partition coefficient (Wildman–Crippen LogP) is 5.72. The fourth-order valence-electron chi connectivity index (χ4n) is 7.94. The van der Waals surface area contributed by atoms with Crippen LogP contribution < -0.4 is 0 Å². The molecule has 0 N–H and O–H groups in total. The van der Waals surface area contributed by atoms with E-state index in [1.54, 1.807) is 0 Å². The number of hydrogen-bond acceptors (Lipinski definition) is 2. The minimum Gasteiger partial charge on any atom is -0.294 e. The molecule has 0 aromatic carbocycles. The molecule has 0 aliphatic heterocycles. The predicted molar refractivity (Wildman–Crippen MR) is 113 cm³/mol. The minimum atomic E-state index is -0.124. The summed E-state index contributed by atoms with van der Waals surface area (Å²) in [5, 5.41) is 4.37. The van der Waals surface area contributed by atoms with Crippen LogP contribution in [0.1, 0.15) is 82.9 Å². The number of aryl methyl sites for hydroxylation is 1. The van der Waals surface area contributed by atoms with Crippen LogP contribution in [-0.4, -0.2) is 15.6 Å². The van der Waals surface area contributed by atoms with Crippen molar-refractivity contribution in [1.29, 1.82) is 0 Å². The Kier molecular flexibility index (Phi) is 4.20. The van der Waals surface area contributed by atoms with E-state index in [4.69, 9.17) is 0 Å². The summed E-state index contributed by atoms with van der Waals surface area (Å²) < 4.78 is 1.90. The number of rotatable bonds is 1. The van der Waals surface area contributed by atoms with E-state index in [0.29, 0.717) is 17.1 Å². The fourth-order valence-corrected chi connectivity index (χ4v) is 7.94. The van der Waals surface area contributed by atoms with E-state index in [0.717, 1.165) is 47.4 Å². The molecule has 0 saturated heterocycles. The summed E-state index contributed by atoms with van der Waals surface area (Å²) in [5.41, 5.74) is 3.75. The number of aromatic nitrogens is 2. The molecule has 4 saturated carbocycles. The maximum absolute atomic E-state index is 13.5. The third-order valence-corrected chi connectivity index (χ3v) is 9.83. The highest BCUT2D eigenvalue weighted by molar-refractivity contribution is 6.06. The first kappa shape index (κ1) is 18.6. The molecule has 1 aromatic rings. The van der Waals surface area contributed by atoms with Crippen molar-refractivity contribution in [3.05, 3.63) is 23.0 Å². The topological polar surface area (TPSA) is 34.9 Å². The molecule has 1 heterocycles. The number of fused-ring (bicyclic) bond motifs is 5. The first-order valence-electron chi connectivity index (χ1n) is 11.6. The Morgan fingerprint density at radius 2 is 1.93 bits per heavy atom. The molecule has 4 aliphatic carbocycles. The van der Waals surface area contributed by atoms with E-state index >= 15 is 0 Å². The molecule has 0 radical (unpaired) electrons. The number of carbonyl (C=O) groups excluding carboxylic acids is 1. The molecule has 5 rings (SSSR count). The van der Waals surface area contributed by atoms with E-state index in [1.807, 2.05) is 17.9 Å². The zero-order valence-corrected chi connectivity index (χ0v) is 18.1. The SMILES string of the molecule is Cc1c(/C=C2\C[C@@H]3[C@H]4CC[C@@H]5CCCC[C@]5(C)[C@@H]4CC[C@@]3(C)C2=O)cnn1C. The van der Waals surface area contributed by atoms with Crippen LogP contribution >= 0.6 is 0 Å². The van der Waals surface area contributed by atoms with Gasteiger partial charge in [0.25, 0.3) is 0 Å². The molecule has 4 aliphatic rings. The van der Waals surface area contributed by atoms with Crippen molar-refractivity contribution in [2.24, 2.45) is 41.5 Å². The van der Waals surface area contributed by atoms with Crippen LogP contribution in [0.3, 0.4) is 0 Å². The molecule has 1 aromatic heterocycles. The Morgan fingerprint density at radius 1 is 1.11 bits per heavy atom. The van der Waals surface area contributed by atoms with E-state index in [2.05, 4.69) is 31.9 Å². The highest BCUT2D eigenvalue weighted by Gasteiger charge is 2.60. The summed E-state index contributed by atoms with van der Waals surface area (Å²) in [5.74, 6) is 3.54. The molecule has 3 heteroatoms. The fraction of sp³-hybridized carbons (Fsp3) is 0.760. The number of nitrogens with zero attached hydrogens (tertiary/aromatic N) is 2. The Morgan fingerprint density at radius 3 is 2.68 bits per heavy atom. The summed E-state index contributed by atoms with van der Waals surface area (Å²) in [6.45, 7) is 7.00. The zero-order valence-electron chi connectivity index (χ0n) is 18.1. The molecule has 152 valence electrons. The lowest BCUT2D eigenvalue weighted by molar-refractivity contribution is -0.137. The second-order valence-electron chi connectivity index (χ2n) is 10.9. The summed E-state index contributed by atoms with van der Waals surface area (Å²) in [4.78, 5) is 13.5. The van der Waals surface area contributed by atoms with E-state index < -0.39 is 0 Å². The quantitative estimate of drug-likeness (QED) is 0.584. The monoisotopic (exact) mass is 380 g/mol. The van der Waals surface area contributed by atoms with Gasteiger partial charge in [0.05, 0.1) is 6.20 Å². The van der Waals surface area contributed by atoms with Gasteiger partial charge in [-0.2, -0.15) is 5.10 Å². The van der Waals surface area contributed by atoms with Gasteiger partial charge in [-0.1, -0.05) is 26.7 Å². The lowest BCUT2D eigenvalue weighted by atomic mass is 9.45. The van der Waals surface area contributed by atoms with Crippen molar-refractivity contribution >= 4 is 11.9 Å². The van der Waals surface area contributed by atoms with Gasteiger partial charge in [-0.15, -0.1) is 0 Å². The van der Waals surface area contributed by atoms with Crippen LogP contribution in [0, 0.1) is 41.4 Å². The summed E-state index contributed by atoms with van der Waals surface area (Å²) >= 11 is 0. The average molecular weight is 381 g/mol.